The van der Waals surface area contributed by atoms with Gasteiger partial charge in [0.25, 0.3) is 0 Å². The highest BCUT2D eigenvalue weighted by molar-refractivity contribution is 7.07. The molecule has 3 heterocycles. The minimum absolute atomic E-state index is 0.165. The molecule has 2 aliphatic rings. The van der Waals surface area contributed by atoms with Crippen molar-refractivity contribution in [1.29, 1.82) is 0 Å². The lowest BCUT2D eigenvalue weighted by atomic mass is 10.1. The smallest absolute Gasteiger partial charge is 0.236 e. The maximum Gasteiger partial charge on any atom is 0.236 e. The second-order valence-corrected chi connectivity index (χ2v) is 9.00. The minimum Gasteiger partial charge on any atom is -0.508 e. The van der Waals surface area contributed by atoms with E-state index in [4.69, 9.17) is 4.74 Å². The van der Waals surface area contributed by atoms with Gasteiger partial charge in [-0.2, -0.15) is 11.3 Å². The first-order chi connectivity index (χ1) is 14.7. The Morgan fingerprint density at radius 3 is 2.73 bits per heavy atom. The maximum absolute atomic E-state index is 13.0. The van der Waals surface area contributed by atoms with E-state index in [0.717, 1.165) is 64.3 Å². The molecule has 1 unspecified atom stereocenters. The topological polar surface area (TPSA) is 56.3 Å². The number of phenols is 1. The standard InChI is InChI=1S/C23H31N3O3S/c27-22-6-2-1-4-20(22)15-25(16-21-5-3-12-29-21)17-23(28)26-10-8-24(9-11-26)14-19-7-13-30-18-19/h1-2,4,6-7,13,18,21,27H,3,5,8-12,14-17H2. The van der Waals surface area contributed by atoms with Crippen LogP contribution in [0, 0.1) is 0 Å². The molecular formula is C23H31N3O3S. The molecule has 0 spiro atoms. The van der Waals surface area contributed by atoms with Gasteiger partial charge in [-0.3, -0.25) is 14.6 Å². The van der Waals surface area contributed by atoms with Crippen LogP contribution in [-0.2, 0) is 22.6 Å². The molecule has 2 saturated heterocycles. The van der Waals surface area contributed by atoms with Gasteiger partial charge < -0.3 is 14.7 Å². The van der Waals surface area contributed by atoms with Gasteiger partial charge in [0.05, 0.1) is 12.6 Å². The van der Waals surface area contributed by atoms with Gasteiger partial charge in [0.1, 0.15) is 5.75 Å². The van der Waals surface area contributed by atoms with E-state index < -0.39 is 0 Å². The number of ether oxygens (including phenoxy) is 1. The van der Waals surface area contributed by atoms with Crippen LogP contribution >= 0.6 is 11.3 Å². The fraction of sp³-hybridized carbons (Fsp3) is 0.522. The summed E-state index contributed by atoms with van der Waals surface area (Å²) >= 11 is 1.73. The van der Waals surface area contributed by atoms with Crippen LogP contribution in [-0.4, -0.2) is 77.7 Å². The Morgan fingerprint density at radius 2 is 2.03 bits per heavy atom. The van der Waals surface area contributed by atoms with Crippen LogP contribution in [0.1, 0.15) is 24.0 Å². The highest BCUT2D eigenvalue weighted by Crippen LogP contribution is 2.20. The zero-order valence-electron chi connectivity index (χ0n) is 17.4. The minimum atomic E-state index is 0.165. The largest absolute Gasteiger partial charge is 0.508 e. The lowest BCUT2D eigenvalue weighted by molar-refractivity contribution is -0.134. The van der Waals surface area contributed by atoms with Crippen LogP contribution in [0.3, 0.4) is 0 Å². The molecule has 1 N–H and O–H groups in total. The number of para-hydroxylation sites is 1. The summed E-state index contributed by atoms with van der Waals surface area (Å²) in [5.74, 6) is 0.447. The summed E-state index contributed by atoms with van der Waals surface area (Å²) < 4.78 is 5.81. The Balaban J connectivity index is 1.32. The van der Waals surface area contributed by atoms with E-state index in [1.54, 1.807) is 17.4 Å². The average Bonchev–Trinajstić information content (AvgIpc) is 3.44. The van der Waals surface area contributed by atoms with Gasteiger partial charge in [-0.05, 0) is 41.3 Å². The molecule has 6 nitrogen and oxygen atoms in total. The highest BCUT2D eigenvalue weighted by atomic mass is 32.1. The van der Waals surface area contributed by atoms with Crippen molar-refractivity contribution >= 4 is 17.2 Å². The predicted octanol–water partition coefficient (Wildman–Crippen LogP) is 2.78. The van der Waals surface area contributed by atoms with E-state index >= 15 is 0 Å². The number of nitrogens with zero attached hydrogens (tertiary/aromatic N) is 3. The Hall–Kier alpha value is -1.93. The summed E-state index contributed by atoms with van der Waals surface area (Å²) in [5.41, 5.74) is 2.20. The third-order valence-electron chi connectivity index (χ3n) is 5.94. The van der Waals surface area contributed by atoms with Crippen LogP contribution < -0.4 is 0 Å². The summed E-state index contributed by atoms with van der Waals surface area (Å²) in [4.78, 5) is 19.6. The first kappa shape index (κ1) is 21.3. The van der Waals surface area contributed by atoms with Gasteiger partial charge in [-0.15, -0.1) is 0 Å². The zero-order valence-corrected chi connectivity index (χ0v) is 18.2. The van der Waals surface area contributed by atoms with Crippen molar-refractivity contribution < 1.29 is 14.6 Å². The molecule has 7 heteroatoms. The molecule has 1 atom stereocenters. The first-order valence-electron chi connectivity index (χ1n) is 10.8. The van der Waals surface area contributed by atoms with Crippen molar-refractivity contribution in [3.8, 4) is 5.75 Å². The Morgan fingerprint density at radius 1 is 1.20 bits per heavy atom. The van der Waals surface area contributed by atoms with Gasteiger partial charge in [0, 0.05) is 58.0 Å². The van der Waals surface area contributed by atoms with Crippen molar-refractivity contribution in [2.75, 3.05) is 45.9 Å². The molecular weight excluding hydrogens is 398 g/mol. The summed E-state index contributed by atoms with van der Waals surface area (Å²) in [6.07, 6.45) is 2.29. The van der Waals surface area contributed by atoms with E-state index in [9.17, 15) is 9.90 Å². The van der Waals surface area contributed by atoms with E-state index in [1.807, 2.05) is 23.1 Å². The molecule has 162 valence electrons. The third-order valence-corrected chi connectivity index (χ3v) is 6.67. The van der Waals surface area contributed by atoms with E-state index in [2.05, 4.69) is 26.6 Å². The number of hydrogen-bond donors (Lipinski definition) is 1. The highest BCUT2D eigenvalue weighted by Gasteiger charge is 2.26. The molecule has 1 aromatic heterocycles. The lowest BCUT2D eigenvalue weighted by Gasteiger charge is -2.36. The fourth-order valence-corrected chi connectivity index (χ4v) is 4.89. The molecule has 2 aromatic rings. The molecule has 0 bridgehead atoms. The Labute approximate surface area is 182 Å². The van der Waals surface area contributed by atoms with Crippen LogP contribution in [0.25, 0.3) is 0 Å². The quantitative estimate of drug-likeness (QED) is 0.699. The molecule has 0 radical (unpaired) electrons. The maximum atomic E-state index is 13.0. The predicted molar refractivity (Wildman–Crippen MR) is 119 cm³/mol. The van der Waals surface area contributed by atoms with E-state index in [1.165, 1.54) is 5.56 Å². The van der Waals surface area contributed by atoms with E-state index in [-0.39, 0.29) is 17.8 Å². The monoisotopic (exact) mass is 429 g/mol. The molecule has 30 heavy (non-hydrogen) atoms. The van der Waals surface area contributed by atoms with Crippen molar-refractivity contribution in [3.05, 3.63) is 52.2 Å². The number of thiophene rings is 1. The zero-order chi connectivity index (χ0) is 20.8. The number of aromatic hydroxyl groups is 1. The van der Waals surface area contributed by atoms with Crippen molar-refractivity contribution in [3.63, 3.8) is 0 Å². The number of carbonyl (C=O) groups is 1. The molecule has 2 fully saturated rings. The molecule has 0 aliphatic carbocycles. The SMILES string of the molecule is O=C(CN(Cc1ccccc1O)CC1CCCO1)N1CCN(Cc2ccsc2)CC1. The van der Waals surface area contributed by atoms with E-state index in [0.29, 0.717) is 13.1 Å². The number of phenolic OH excluding ortho intramolecular Hbond substituents is 1. The van der Waals surface area contributed by atoms with Gasteiger partial charge >= 0.3 is 0 Å². The number of amides is 1. The van der Waals surface area contributed by atoms with Crippen LogP contribution in [0.15, 0.2) is 41.1 Å². The average molecular weight is 430 g/mol. The molecule has 2 aliphatic heterocycles. The Kier molecular flexibility index (Phi) is 7.38. The number of piperazine rings is 1. The number of rotatable bonds is 8. The second-order valence-electron chi connectivity index (χ2n) is 8.22. The normalized spacial score (nSPS) is 20.2. The molecule has 0 saturated carbocycles. The van der Waals surface area contributed by atoms with Crippen LogP contribution in [0.2, 0.25) is 0 Å². The van der Waals surface area contributed by atoms with Gasteiger partial charge in [0.2, 0.25) is 5.91 Å². The van der Waals surface area contributed by atoms with Crippen LogP contribution in [0.4, 0.5) is 0 Å². The third kappa shape index (κ3) is 5.82. The molecule has 1 amide bonds. The van der Waals surface area contributed by atoms with Gasteiger partial charge in [-0.1, -0.05) is 18.2 Å². The van der Waals surface area contributed by atoms with Gasteiger partial charge in [-0.25, -0.2) is 0 Å². The lowest BCUT2D eigenvalue weighted by Crippen LogP contribution is -2.51. The number of hydrogen-bond acceptors (Lipinski definition) is 6. The first-order valence-corrected chi connectivity index (χ1v) is 11.7. The number of benzene rings is 1. The van der Waals surface area contributed by atoms with Crippen molar-refractivity contribution in [1.82, 2.24) is 14.7 Å². The van der Waals surface area contributed by atoms with Crippen LogP contribution in [0.5, 0.6) is 5.75 Å². The summed E-state index contributed by atoms with van der Waals surface area (Å²) in [6, 6.07) is 9.54. The fourth-order valence-electron chi connectivity index (χ4n) is 4.23. The second kappa shape index (κ2) is 10.4. The van der Waals surface area contributed by atoms with Gasteiger partial charge in [0.15, 0.2) is 0 Å². The van der Waals surface area contributed by atoms with Crippen molar-refractivity contribution in [2.24, 2.45) is 0 Å². The van der Waals surface area contributed by atoms with Crippen molar-refractivity contribution in [2.45, 2.75) is 32.0 Å². The number of carbonyl (C=O) groups excluding carboxylic acids is 1. The summed E-state index contributed by atoms with van der Waals surface area (Å²) in [5, 5.41) is 14.5. The molecule has 1 aromatic carbocycles. The summed E-state index contributed by atoms with van der Waals surface area (Å²) in [6.45, 7) is 6.76. The summed E-state index contributed by atoms with van der Waals surface area (Å²) in [7, 11) is 0. The Bertz CT molecular complexity index is 800. The molecule has 4 rings (SSSR count).